The number of rotatable bonds is 6. The SMILES string of the molecule is Cc1ccc(C)c(OCC(=O)Nc2ccc(-c3ccc(N4CCCC4)nn3)cc2)c1. The van der Waals surface area contributed by atoms with Crippen molar-refractivity contribution in [3.05, 3.63) is 65.7 Å². The molecule has 30 heavy (non-hydrogen) atoms. The number of nitrogens with one attached hydrogen (secondary N) is 1. The van der Waals surface area contributed by atoms with Crippen LogP contribution < -0.4 is 15.0 Å². The third-order valence-electron chi connectivity index (χ3n) is 5.25. The lowest BCUT2D eigenvalue weighted by Gasteiger charge is -2.15. The summed E-state index contributed by atoms with van der Waals surface area (Å²) < 4.78 is 5.66. The van der Waals surface area contributed by atoms with E-state index in [2.05, 4.69) is 20.4 Å². The van der Waals surface area contributed by atoms with Crippen molar-refractivity contribution in [1.29, 1.82) is 0 Å². The van der Waals surface area contributed by atoms with E-state index >= 15 is 0 Å². The van der Waals surface area contributed by atoms with E-state index in [1.165, 1.54) is 12.8 Å². The summed E-state index contributed by atoms with van der Waals surface area (Å²) in [5.41, 5.74) is 4.60. The van der Waals surface area contributed by atoms with Crippen LogP contribution in [-0.4, -0.2) is 35.8 Å². The lowest BCUT2D eigenvalue weighted by atomic mass is 10.1. The largest absolute Gasteiger partial charge is 0.483 e. The maximum absolute atomic E-state index is 12.2. The number of carbonyl (C=O) groups excluding carboxylic acids is 1. The standard InChI is InChI=1S/C24H26N4O2/c1-17-5-6-18(2)22(15-17)30-16-24(29)25-20-9-7-19(8-10-20)21-11-12-23(27-26-21)28-13-3-4-14-28/h5-12,15H,3-4,13-14,16H2,1-2H3,(H,25,29). The topological polar surface area (TPSA) is 67.3 Å². The van der Waals surface area contributed by atoms with Gasteiger partial charge in [-0.05, 0) is 68.1 Å². The summed E-state index contributed by atoms with van der Waals surface area (Å²) in [6, 6.07) is 17.5. The number of nitrogens with zero attached hydrogens (tertiary/aromatic N) is 3. The Morgan fingerprint density at radius 3 is 2.47 bits per heavy atom. The summed E-state index contributed by atoms with van der Waals surface area (Å²) in [7, 11) is 0. The van der Waals surface area contributed by atoms with Crippen molar-refractivity contribution in [3.63, 3.8) is 0 Å². The zero-order chi connectivity index (χ0) is 20.9. The van der Waals surface area contributed by atoms with Gasteiger partial charge in [0.1, 0.15) is 5.75 Å². The number of ether oxygens (including phenoxy) is 1. The van der Waals surface area contributed by atoms with E-state index in [1.807, 2.05) is 68.4 Å². The Hall–Kier alpha value is -3.41. The van der Waals surface area contributed by atoms with Gasteiger partial charge in [-0.1, -0.05) is 24.3 Å². The molecule has 0 spiro atoms. The van der Waals surface area contributed by atoms with Crippen molar-refractivity contribution in [3.8, 4) is 17.0 Å². The minimum Gasteiger partial charge on any atom is -0.483 e. The molecule has 0 radical (unpaired) electrons. The molecule has 0 aliphatic carbocycles. The Kier molecular flexibility index (Phi) is 5.93. The van der Waals surface area contributed by atoms with Crippen LogP contribution in [0.1, 0.15) is 24.0 Å². The molecule has 0 bridgehead atoms. The second-order valence-corrected chi connectivity index (χ2v) is 7.65. The maximum atomic E-state index is 12.2. The van der Waals surface area contributed by atoms with E-state index in [4.69, 9.17) is 4.74 Å². The van der Waals surface area contributed by atoms with Crippen molar-refractivity contribution in [2.75, 3.05) is 29.9 Å². The molecule has 1 aromatic heterocycles. The number of benzene rings is 2. The van der Waals surface area contributed by atoms with Crippen LogP contribution in [0.4, 0.5) is 11.5 Å². The summed E-state index contributed by atoms with van der Waals surface area (Å²) in [6.45, 7) is 6.03. The summed E-state index contributed by atoms with van der Waals surface area (Å²) in [4.78, 5) is 14.5. The summed E-state index contributed by atoms with van der Waals surface area (Å²) in [5, 5.41) is 11.6. The van der Waals surface area contributed by atoms with Gasteiger partial charge in [0, 0.05) is 24.3 Å². The highest BCUT2D eigenvalue weighted by Gasteiger charge is 2.14. The number of hydrogen-bond acceptors (Lipinski definition) is 5. The molecule has 6 nitrogen and oxygen atoms in total. The molecule has 0 atom stereocenters. The van der Waals surface area contributed by atoms with Gasteiger partial charge < -0.3 is 15.0 Å². The molecule has 1 aliphatic rings. The first-order valence-electron chi connectivity index (χ1n) is 10.3. The Morgan fingerprint density at radius 1 is 1.00 bits per heavy atom. The highest BCUT2D eigenvalue weighted by molar-refractivity contribution is 5.92. The summed E-state index contributed by atoms with van der Waals surface area (Å²) >= 11 is 0. The second kappa shape index (κ2) is 8.95. The molecule has 1 aliphatic heterocycles. The molecule has 4 rings (SSSR count). The second-order valence-electron chi connectivity index (χ2n) is 7.65. The van der Waals surface area contributed by atoms with Crippen molar-refractivity contribution < 1.29 is 9.53 Å². The highest BCUT2D eigenvalue weighted by Crippen LogP contribution is 2.23. The highest BCUT2D eigenvalue weighted by atomic mass is 16.5. The normalized spacial score (nSPS) is 13.3. The van der Waals surface area contributed by atoms with Crippen molar-refractivity contribution >= 4 is 17.4 Å². The van der Waals surface area contributed by atoms with Gasteiger partial charge in [0.15, 0.2) is 12.4 Å². The number of hydrogen-bond donors (Lipinski definition) is 1. The van der Waals surface area contributed by atoms with E-state index in [-0.39, 0.29) is 12.5 Å². The summed E-state index contributed by atoms with van der Waals surface area (Å²) in [6.07, 6.45) is 2.43. The molecule has 1 fully saturated rings. The van der Waals surface area contributed by atoms with Gasteiger partial charge in [-0.3, -0.25) is 4.79 Å². The fourth-order valence-electron chi connectivity index (χ4n) is 3.52. The maximum Gasteiger partial charge on any atom is 0.262 e. The molecule has 0 saturated carbocycles. The number of carbonyl (C=O) groups is 1. The molecule has 1 saturated heterocycles. The monoisotopic (exact) mass is 402 g/mol. The Labute approximate surface area is 176 Å². The third kappa shape index (κ3) is 4.76. The molecule has 2 heterocycles. The van der Waals surface area contributed by atoms with Gasteiger partial charge in [0.05, 0.1) is 5.69 Å². The first-order valence-corrected chi connectivity index (χ1v) is 10.3. The Balaban J connectivity index is 1.34. The molecule has 154 valence electrons. The Morgan fingerprint density at radius 2 is 1.77 bits per heavy atom. The third-order valence-corrected chi connectivity index (χ3v) is 5.25. The van der Waals surface area contributed by atoms with Gasteiger partial charge in [-0.15, -0.1) is 10.2 Å². The van der Waals surface area contributed by atoms with E-state index in [1.54, 1.807) is 0 Å². The van der Waals surface area contributed by atoms with Gasteiger partial charge in [-0.25, -0.2) is 0 Å². The minimum absolute atomic E-state index is 0.0323. The van der Waals surface area contributed by atoms with Gasteiger partial charge in [-0.2, -0.15) is 0 Å². The van der Waals surface area contributed by atoms with E-state index < -0.39 is 0 Å². The van der Waals surface area contributed by atoms with Crippen LogP contribution in [0.15, 0.2) is 54.6 Å². The van der Waals surface area contributed by atoms with Crippen LogP contribution in [0.3, 0.4) is 0 Å². The summed E-state index contributed by atoms with van der Waals surface area (Å²) in [5.74, 6) is 1.47. The average molecular weight is 402 g/mol. The molecule has 1 N–H and O–H groups in total. The van der Waals surface area contributed by atoms with E-state index in [0.717, 1.165) is 52.7 Å². The van der Waals surface area contributed by atoms with Crippen LogP contribution in [0.2, 0.25) is 0 Å². The first-order chi connectivity index (χ1) is 14.6. The van der Waals surface area contributed by atoms with E-state index in [9.17, 15) is 4.79 Å². The van der Waals surface area contributed by atoms with Crippen molar-refractivity contribution in [2.24, 2.45) is 0 Å². The molecule has 6 heteroatoms. The van der Waals surface area contributed by atoms with Crippen LogP contribution in [-0.2, 0) is 4.79 Å². The van der Waals surface area contributed by atoms with Crippen LogP contribution >= 0.6 is 0 Å². The van der Waals surface area contributed by atoms with E-state index in [0.29, 0.717) is 0 Å². The van der Waals surface area contributed by atoms with Gasteiger partial charge in [0.25, 0.3) is 5.91 Å². The van der Waals surface area contributed by atoms with Crippen molar-refractivity contribution in [2.45, 2.75) is 26.7 Å². The Bertz CT molecular complexity index is 1010. The minimum atomic E-state index is -0.196. The first kappa shape index (κ1) is 19.9. The van der Waals surface area contributed by atoms with Crippen molar-refractivity contribution in [1.82, 2.24) is 10.2 Å². The fraction of sp³-hybridized carbons (Fsp3) is 0.292. The molecular formula is C24H26N4O2. The number of anilines is 2. The zero-order valence-corrected chi connectivity index (χ0v) is 17.4. The number of amides is 1. The molecule has 1 amide bonds. The molecule has 3 aromatic rings. The molecule has 2 aromatic carbocycles. The average Bonchev–Trinajstić information content (AvgIpc) is 3.30. The van der Waals surface area contributed by atoms with Crippen LogP contribution in [0.25, 0.3) is 11.3 Å². The smallest absolute Gasteiger partial charge is 0.262 e. The van der Waals surface area contributed by atoms with Crippen LogP contribution in [0, 0.1) is 13.8 Å². The lowest BCUT2D eigenvalue weighted by molar-refractivity contribution is -0.118. The van der Waals surface area contributed by atoms with Gasteiger partial charge in [0.2, 0.25) is 0 Å². The lowest BCUT2D eigenvalue weighted by Crippen LogP contribution is -2.20. The predicted molar refractivity (Wildman–Crippen MR) is 119 cm³/mol. The predicted octanol–water partition coefficient (Wildman–Crippen LogP) is 4.38. The number of aryl methyl sites for hydroxylation is 2. The molecule has 0 unspecified atom stereocenters. The fourth-order valence-corrected chi connectivity index (χ4v) is 3.52. The quantitative estimate of drug-likeness (QED) is 0.663. The van der Waals surface area contributed by atoms with Gasteiger partial charge >= 0.3 is 0 Å². The number of aromatic nitrogens is 2. The molecular weight excluding hydrogens is 376 g/mol. The zero-order valence-electron chi connectivity index (χ0n) is 17.4. The van der Waals surface area contributed by atoms with Crippen LogP contribution in [0.5, 0.6) is 5.75 Å².